The Morgan fingerprint density at radius 3 is 2.53 bits per heavy atom. The summed E-state index contributed by atoms with van der Waals surface area (Å²) in [6, 6.07) is 7.05. The van der Waals surface area contributed by atoms with E-state index in [2.05, 4.69) is 10.6 Å². The second-order valence-electron chi connectivity index (χ2n) is 4.81. The van der Waals surface area contributed by atoms with E-state index in [0.717, 1.165) is 6.42 Å². The summed E-state index contributed by atoms with van der Waals surface area (Å²) in [6.07, 6.45) is 0.522. The molecule has 0 aliphatic carbocycles. The molecule has 2 rings (SSSR count). The van der Waals surface area contributed by atoms with Crippen LogP contribution >= 0.6 is 0 Å². The lowest BCUT2D eigenvalue weighted by Crippen LogP contribution is -2.31. The van der Waals surface area contributed by atoms with Gasteiger partial charge in [-0.05, 0) is 30.5 Å². The first-order valence-electron chi connectivity index (χ1n) is 6.36. The molecule has 1 heterocycles. The molecule has 1 saturated heterocycles. The summed E-state index contributed by atoms with van der Waals surface area (Å²) >= 11 is 0. The number of ether oxygens (including phenoxy) is 1. The van der Waals surface area contributed by atoms with Gasteiger partial charge in [0.15, 0.2) is 0 Å². The van der Waals surface area contributed by atoms with Crippen LogP contribution in [0.2, 0.25) is 0 Å². The number of benzene rings is 1. The normalized spacial score (nSPS) is 22.0. The van der Waals surface area contributed by atoms with Crippen molar-refractivity contribution in [2.75, 3.05) is 17.2 Å². The zero-order valence-electron chi connectivity index (χ0n) is 11.1. The predicted molar refractivity (Wildman–Crippen MR) is 72.9 cm³/mol. The van der Waals surface area contributed by atoms with Crippen LogP contribution < -0.4 is 10.6 Å². The second-order valence-corrected chi connectivity index (χ2v) is 4.81. The smallest absolute Gasteiger partial charge is 0.253 e. The average molecular weight is 262 g/mol. The summed E-state index contributed by atoms with van der Waals surface area (Å²) < 4.78 is 5.41. The summed E-state index contributed by atoms with van der Waals surface area (Å²) in [5, 5.41) is 5.49. The van der Waals surface area contributed by atoms with Gasteiger partial charge in [-0.2, -0.15) is 0 Å². The van der Waals surface area contributed by atoms with Gasteiger partial charge in [0, 0.05) is 24.9 Å². The monoisotopic (exact) mass is 262 g/mol. The standard InChI is InChI=1S/C14H18N2O3/c1-9-6-7-19-13(9)14(18)16-12-5-3-4-11(8-12)15-10(2)17/h3-5,8-9,13H,6-7H2,1-2H3,(H,15,17)(H,16,18)/t9-,13-/m0/s1. The van der Waals surface area contributed by atoms with Crippen molar-refractivity contribution in [3.8, 4) is 0 Å². The Morgan fingerprint density at radius 2 is 1.95 bits per heavy atom. The highest BCUT2D eigenvalue weighted by atomic mass is 16.5. The zero-order chi connectivity index (χ0) is 13.8. The molecular formula is C14H18N2O3. The molecule has 0 bridgehead atoms. The van der Waals surface area contributed by atoms with Crippen LogP contribution in [-0.2, 0) is 14.3 Å². The van der Waals surface area contributed by atoms with E-state index >= 15 is 0 Å². The van der Waals surface area contributed by atoms with Crippen molar-refractivity contribution in [2.24, 2.45) is 5.92 Å². The minimum atomic E-state index is -0.385. The van der Waals surface area contributed by atoms with Crippen LogP contribution in [-0.4, -0.2) is 24.5 Å². The first kappa shape index (κ1) is 13.5. The van der Waals surface area contributed by atoms with Crippen LogP contribution in [0.25, 0.3) is 0 Å². The van der Waals surface area contributed by atoms with E-state index in [4.69, 9.17) is 4.74 Å². The average Bonchev–Trinajstić information content (AvgIpc) is 2.75. The molecule has 2 N–H and O–H groups in total. The third-order valence-electron chi connectivity index (χ3n) is 3.10. The van der Waals surface area contributed by atoms with Gasteiger partial charge < -0.3 is 15.4 Å². The molecule has 1 aromatic carbocycles. The van der Waals surface area contributed by atoms with Crippen molar-refractivity contribution in [2.45, 2.75) is 26.4 Å². The zero-order valence-corrected chi connectivity index (χ0v) is 11.1. The second kappa shape index (κ2) is 5.84. The molecule has 0 saturated carbocycles. The Balaban J connectivity index is 2.02. The van der Waals surface area contributed by atoms with Gasteiger partial charge in [-0.25, -0.2) is 0 Å². The number of rotatable bonds is 3. The third-order valence-corrected chi connectivity index (χ3v) is 3.10. The highest BCUT2D eigenvalue weighted by Gasteiger charge is 2.30. The number of hydrogen-bond acceptors (Lipinski definition) is 3. The molecule has 0 unspecified atom stereocenters. The fraction of sp³-hybridized carbons (Fsp3) is 0.429. The third kappa shape index (κ3) is 3.54. The van der Waals surface area contributed by atoms with Gasteiger partial charge in [-0.3, -0.25) is 9.59 Å². The number of carbonyl (C=O) groups excluding carboxylic acids is 2. The molecule has 1 fully saturated rings. The van der Waals surface area contributed by atoms with Gasteiger partial charge in [0.05, 0.1) is 0 Å². The van der Waals surface area contributed by atoms with E-state index in [0.29, 0.717) is 18.0 Å². The quantitative estimate of drug-likeness (QED) is 0.875. The molecule has 19 heavy (non-hydrogen) atoms. The van der Waals surface area contributed by atoms with Crippen molar-refractivity contribution in [3.63, 3.8) is 0 Å². The van der Waals surface area contributed by atoms with E-state index in [1.54, 1.807) is 24.3 Å². The van der Waals surface area contributed by atoms with Crippen LogP contribution in [0.1, 0.15) is 20.3 Å². The van der Waals surface area contributed by atoms with Crippen LogP contribution in [0.4, 0.5) is 11.4 Å². The molecule has 1 aliphatic rings. The van der Waals surface area contributed by atoms with Gasteiger partial charge in [0.1, 0.15) is 6.10 Å². The van der Waals surface area contributed by atoms with E-state index in [1.165, 1.54) is 6.92 Å². The fourth-order valence-electron chi connectivity index (χ4n) is 2.12. The van der Waals surface area contributed by atoms with Crippen LogP contribution in [0.5, 0.6) is 0 Å². The SMILES string of the molecule is CC(=O)Nc1cccc(NC(=O)[C@H]2OCC[C@@H]2C)c1. The predicted octanol–water partition coefficient (Wildman–Crippen LogP) is 2.01. The van der Waals surface area contributed by atoms with Crippen LogP contribution in [0, 0.1) is 5.92 Å². The summed E-state index contributed by atoms with van der Waals surface area (Å²) in [5.41, 5.74) is 1.31. The lowest BCUT2D eigenvalue weighted by Gasteiger charge is -2.15. The van der Waals surface area contributed by atoms with Gasteiger partial charge >= 0.3 is 0 Å². The first-order valence-corrected chi connectivity index (χ1v) is 6.36. The maximum atomic E-state index is 12.0. The summed E-state index contributed by atoms with van der Waals surface area (Å²) in [4.78, 5) is 23.0. The number of anilines is 2. The maximum absolute atomic E-state index is 12.0. The van der Waals surface area contributed by atoms with Crippen molar-refractivity contribution in [1.82, 2.24) is 0 Å². The minimum absolute atomic E-state index is 0.134. The Hall–Kier alpha value is -1.88. The van der Waals surface area contributed by atoms with Gasteiger partial charge in [0.2, 0.25) is 5.91 Å². The maximum Gasteiger partial charge on any atom is 0.253 e. The Labute approximate surface area is 112 Å². The summed E-state index contributed by atoms with van der Waals surface area (Å²) in [5.74, 6) is -0.0419. The Morgan fingerprint density at radius 1 is 1.26 bits per heavy atom. The van der Waals surface area contributed by atoms with Crippen molar-refractivity contribution < 1.29 is 14.3 Å². The Bertz CT molecular complexity index is 487. The molecular weight excluding hydrogens is 244 g/mol. The van der Waals surface area contributed by atoms with Crippen molar-refractivity contribution in [1.29, 1.82) is 0 Å². The molecule has 1 aliphatic heterocycles. The number of hydrogen-bond donors (Lipinski definition) is 2. The Kier molecular flexibility index (Phi) is 4.16. The highest BCUT2D eigenvalue weighted by Crippen LogP contribution is 2.22. The number of amides is 2. The van der Waals surface area contributed by atoms with E-state index in [-0.39, 0.29) is 23.8 Å². The first-order chi connectivity index (χ1) is 9.06. The number of nitrogens with one attached hydrogen (secondary N) is 2. The molecule has 102 valence electrons. The van der Waals surface area contributed by atoms with Crippen molar-refractivity contribution >= 4 is 23.2 Å². The van der Waals surface area contributed by atoms with E-state index in [1.807, 2.05) is 6.92 Å². The molecule has 1 aromatic rings. The van der Waals surface area contributed by atoms with Crippen molar-refractivity contribution in [3.05, 3.63) is 24.3 Å². The lowest BCUT2D eigenvalue weighted by atomic mass is 10.0. The molecule has 0 aromatic heterocycles. The summed E-state index contributed by atoms with van der Waals surface area (Å²) in [6.45, 7) is 4.08. The van der Waals surface area contributed by atoms with Gasteiger partial charge in [-0.15, -0.1) is 0 Å². The largest absolute Gasteiger partial charge is 0.368 e. The minimum Gasteiger partial charge on any atom is -0.368 e. The molecule has 5 nitrogen and oxygen atoms in total. The van der Waals surface area contributed by atoms with Crippen LogP contribution in [0.3, 0.4) is 0 Å². The summed E-state index contributed by atoms with van der Waals surface area (Å²) in [7, 11) is 0. The van der Waals surface area contributed by atoms with E-state index in [9.17, 15) is 9.59 Å². The molecule has 5 heteroatoms. The molecule has 0 radical (unpaired) electrons. The van der Waals surface area contributed by atoms with Gasteiger partial charge in [0.25, 0.3) is 5.91 Å². The topological polar surface area (TPSA) is 67.4 Å². The molecule has 2 amide bonds. The van der Waals surface area contributed by atoms with E-state index < -0.39 is 0 Å². The fourth-order valence-corrected chi connectivity index (χ4v) is 2.12. The van der Waals surface area contributed by atoms with Gasteiger partial charge in [-0.1, -0.05) is 13.0 Å². The molecule has 2 atom stereocenters. The molecule has 0 spiro atoms. The number of carbonyl (C=O) groups is 2. The van der Waals surface area contributed by atoms with Crippen LogP contribution in [0.15, 0.2) is 24.3 Å². The highest BCUT2D eigenvalue weighted by molar-refractivity contribution is 5.96. The lowest BCUT2D eigenvalue weighted by molar-refractivity contribution is -0.126.